The van der Waals surface area contributed by atoms with E-state index in [0.29, 0.717) is 29.5 Å². The number of methoxy groups -OCH3 is 1. The number of hydrogen-bond acceptors (Lipinski definition) is 7. The van der Waals surface area contributed by atoms with Gasteiger partial charge in [0.2, 0.25) is 0 Å². The molecule has 0 aliphatic rings. The number of carbonyl (C=O) groups is 1. The van der Waals surface area contributed by atoms with Crippen LogP contribution >= 0.6 is 11.6 Å². The molecule has 2 atom stereocenters. The fourth-order valence-corrected chi connectivity index (χ4v) is 3.80. The lowest BCUT2D eigenvalue weighted by Gasteiger charge is -2.28. The molecule has 0 saturated carbocycles. The van der Waals surface area contributed by atoms with Crippen molar-refractivity contribution in [1.82, 2.24) is 5.32 Å². The van der Waals surface area contributed by atoms with Gasteiger partial charge in [-0.3, -0.25) is 4.79 Å². The van der Waals surface area contributed by atoms with Gasteiger partial charge in [-0.1, -0.05) is 48.0 Å². The van der Waals surface area contributed by atoms with Crippen LogP contribution in [0.4, 0.5) is 0 Å². The maximum absolute atomic E-state index is 12.8. The molecule has 8 heteroatoms. The zero-order valence-corrected chi connectivity index (χ0v) is 21.4. The Hall–Kier alpha value is -2.16. The molecule has 2 N–H and O–H groups in total. The average molecular weight is 494 g/mol. The Balaban J connectivity index is 2.39. The van der Waals surface area contributed by atoms with Crippen molar-refractivity contribution in [3.05, 3.63) is 64.2 Å². The van der Waals surface area contributed by atoms with E-state index in [2.05, 4.69) is 5.32 Å². The molecule has 0 aliphatic carbocycles. The minimum Gasteiger partial charge on any atom is -0.466 e. The van der Waals surface area contributed by atoms with Crippen molar-refractivity contribution in [2.75, 3.05) is 33.7 Å². The molecule has 2 unspecified atom stereocenters. The number of ether oxygens (including phenoxy) is 4. The maximum Gasteiger partial charge on any atom is 0.308 e. The summed E-state index contributed by atoms with van der Waals surface area (Å²) in [5, 5.41) is 13.9. The molecular weight excluding hydrogens is 458 g/mol. The lowest BCUT2D eigenvalue weighted by Crippen LogP contribution is -2.33. The van der Waals surface area contributed by atoms with Gasteiger partial charge >= 0.3 is 5.97 Å². The highest BCUT2D eigenvalue weighted by atomic mass is 35.5. The van der Waals surface area contributed by atoms with Gasteiger partial charge < -0.3 is 29.4 Å². The van der Waals surface area contributed by atoms with Crippen molar-refractivity contribution < 1.29 is 28.8 Å². The van der Waals surface area contributed by atoms with Crippen LogP contribution in [0.5, 0.6) is 5.75 Å². The number of aliphatic hydroxyl groups excluding tert-OH is 1. The first kappa shape index (κ1) is 28.1. The van der Waals surface area contributed by atoms with Gasteiger partial charge in [0, 0.05) is 18.7 Å². The van der Waals surface area contributed by atoms with E-state index in [0.717, 1.165) is 11.1 Å². The SMILES string of the molecule is COCCOCOc1c(Cl)cc(C)cc1C(CC(=O)OC(C)(C)C)NC(CO)c1ccccc1. The van der Waals surface area contributed by atoms with Gasteiger partial charge in [-0.05, 0) is 44.9 Å². The van der Waals surface area contributed by atoms with E-state index in [9.17, 15) is 9.90 Å². The second-order valence-electron chi connectivity index (χ2n) is 8.98. The largest absolute Gasteiger partial charge is 0.466 e. The first-order chi connectivity index (χ1) is 16.1. The highest BCUT2D eigenvalue weighted by molar-refractivity contribution is 6.32. The minimum absolute atomic E-state index is 0.0152. The molecule has 0 fully saturated rings. The summed E-state index contributed by atoms with van der Waals surface area (Å²) in [6.07, 6.45) is 0.0152. The monoisotopic (exact) mass is 493 g/mol. The molecule has 0 aliphatic heterocycles. The molecule has 0 heterocycles. The van der Waals surface area contributed by atoms with Crippen LogP contribution < -0.4 is 10.1 Å². The summed E-state index contributed by atoms with van der Waals surface area (Å²) in [5.74, 6) is 0.0326. The fourth-order valence-electron chi connectivity index (χ4n) is 3.46. The van der Waals surface area contributed by atoms with Crippen molar-refractivity contribution in [1.29, 1.82) is 0 Å². The van der Waals surface area contributed by atoms with Crippen LogP contribution in [-0.2, 0) is 19.0 Å². The van der Waals surface area contributed by atoms with Gasteiger partial charge in [-0.15, -0.1) is 0 Å². The molecule has 188 valence electrons. The number of carbonyl (C=O) groups excluding carboxylic acids is 1. The van der Waals surface area contributed by atoms with Crippen molar-refractivity contribution >= 4 is 17.6 Å². The van der Waals surface area contributed by atoms with Crippen molar-refractivity contribution in [3.63, 3.8) is 0 Å². The zero-order valence-electron chi connectivity index (χ0n) is 20.6. The third kappa shape index (κ3) is 9.24. The van der Waals surface area contributed by atoms with E-state index >= 15 is 0 Å². The molecule has 34 heavy (non-hydrogen) atoms. The molecule has 0 saturated heterocycles. The average Bonchev–Trinajstić information content (AvgIpc) is 2.76. The Bertz CT molecular complexity index is 900. The minimum atomic E-state index is -0.629. The van der Waals surface area contributed by atoms with Crippen LogP contribution in [-0.4, -0.2) is 50.4 Å². The summed E-state index contributed by atoms with van der Waals surface area (Å²) in [5.41, 5.74) is 1.85. The van der Waals surface area contributed by atoms with Crippen LogP contribution in [0.15, 0.2) is 42.5 Å². The number of aliphatic hydroxyl groups is 1. The highest BCUT2D eigenvalue weighted by Gasteiger charge is 2.28. The number of hydrogen-bond donors (Lipinski definition) is 2. The number of rotatable bonds is 13. The number of halogens is 1. The Morgan fingerprint density at radius 2 is 1.82 bits per heavy atom. The predicted molar refractivity (Wildman–Crippen MR) is 132 cm³/mol. The molecular formula is C26H36ClNO6. The van der Waals surface area contributed by atoms with Crippen molar-refractivity contribution in [3.8, 4) is 5.75 Å². The predicted octanol–water partition coefficient (Wildman–Crippen LogP) is 4.74. The smallest absolute Gasteiger partial charge is 0.308 e. The quantitative estimate of drug-likeness (QED) is 0.237. The van der Waals surface area contributed by atoms with E-state index in [1.807, 2.05) is 64.1 Å². The second kappa shape index (κ2) is 13.7. The molecule has 0 bridgehead atoms. The zero-order chi connectivity index (χ0) is 25.1. The summed E-state index contributed by atoms with van der Waals surface area (Å²) in [6.45, 7) is 8.01. The molecule has 0 spiro atoms. The van der Waals surface area contributed by atoms with E-state index in [1.165, 1.54) is 0 Å². The lowest BCUT2D eigenvalue weighted by molar-refractivity contribution is -0.155. The summed E-state index contributed by atoms with van der Waals surface area (Å²) in [4.78, 5) is 12.8. The van der Waals surface area contributed by atoms with E-state index in [-0.39, 0.29) is 25.8 Å². The van der Waals surface area contributed by atoms with Crippen LogP contribution in [0.1, 0.15) is 56.0 Å². The first-order valence-corrected chi connectivity index (χ1v) is 11.7. The summed E-state index contributed by atoms with van der Waals surface area (Å²) >= 11 is 6.55. The van der Waals surface area contributed by atoms with Crippen molar-refractivity contribution in [2.45, 2.75) is 51.8 Å². The third-order valence-electron chi connectivity index (χ3n) is 4.89. The van der Waals surface area contributed by atoms with Crippen LogP contribution in [0.25, 0.3) is 0 Å². The van der Waals surface area contributed by atoms with Crippen LogP contribution in [0, 0.1) is 6.92 Å². The number of benzene rings is 2. The Labute approximate surface area is 207 Å². The molecule has 2 aromatic carbocycles. The van der Waals surface area contributed by atoms with Gasteiger partial charge in [0.15, 0.2) is 6.79 Å². The molecule has 0 amide bonds. The molecule has 7 nitrogen and oxygen atoms in total. The molecule has 2 rings (SSSR count). The van der Waals surface area contributed by atoms with Crippen LogP contribution in [0.2, 0.25) is 5.02 Å². The lowest BCUT2D eigenvalue weighted by atomic mass is 9.97. The maximum atomic E-state index is 12.8. The summed E-state index contributed by atoms with van der Waals surface area (Å²) in [6, 6.07) is 12.3. The van der Waals surface area contributed by atoms with Crippen LogP contribution in [0.3, 0.4) is 0 Å². The second-order valence-corrected chi connectivity index (χ2v) is 9.39. The van der Waals surface area contributed by atoms with E-state index < -0.39 is 17.7 Å². The van der Waals surface area contributed by atoms with Gasteiger partial charge in [0.1, 0.15) is 11.4 Å². The normalized spacial score (nSPS) is 13.4. The standard InChI is InChI=1S/C26H36ClNO6/c1-18-13-20(25(21(27)14-18)33-17-32-12-11-31-5)22(15-24(30)34-26(2,3)4)28-23(16-29)19-9-7-6-8-10-19/h6-10,13-14,22-23,28-29H,11-12,15-17H2,1-5H3. The van der Waals surface area contributed by atoms with Gasteiger partial charge in [-0.25, -0.2) is 0 Å². The number of aryl methyl sites for hydroxylation is 1. The van der Waals surface area contributed by atoms with Gasteiger partial charge in [0.25, 0.3) is 0 Å². The first-order valence-electron chi connectivity index (χ1n) is 11.3. The fraction of sp³-hybridized carbons (Fsp3) is 0.500. The van der Waals surface area contributed by atoms with E-state index in [4.69, 9.17) is 30.5 Å². The number of nitrogens with one attached hydrogen (secondary N) is 1. The topological polar surface area (TPSA) is 86.3 Å². The molecule has 0 aromatic heterocycles. The Morgan fingerprint density at radius 3 is 2.44 bits per heavy atom. The van der Waals surface area contributed by atoms with Crippen molar-refractivity contribution in [2.24, 2.45) is 0 Å². The van der Waals surface area contributed by atoms with Gasteiger partial charge in [-0.2, -0.15) is 0 Å². The molecule has 0 radical (unpaired) electrons. The van der Waals surface area contributed by atoms with E-state index in [1.54, 1.807) is 13.2 Å². The Morgan fingerprint density at radius 1 is 1.12 bits per heavy atom. The highest BCUT2D eigenvalue weighted by Crippen LogP contribution is 2.37. The van der Waals surface area contributed by atoms with Gasteiger partial charge in [0.05, 0.1) is 37.3 Å². The summed E-state index contributed by atoms with van der Waals surface area (Å²) < 4.78 is 21.9. The third-order valence-corrected chi connectivity index (χ3v) is 5.17. The summed E-state index contributed by atoms with van der Waals surface area (Å²) in [7, 11) is 1.59. The number of esters is 1. The molecule has 2 aromatic rings. The Kier molecular flexibility index (Phi) is 11.3.